The van der Waals surface area contributed by atoms with E-state index in [-0.39, 0.29) is 23.4 Å². The number of anilines is 1. The van der Waals surface area contributed by atoms with Gasteiger partial charge in [-0.15, -0.1) is 0 Å². The molecule has 230 valence electrons. The fourth-order valence-corrected chi connectivity index (χ4v) is 7.01. The van der Waals surface area contributed by atoms with Crippen molar-refractivity contribution in [1.29, 1.82) is 0 Å². The lowest BCUT2D eigenvalue weighted by molar-refractivity contribution is -0.140. The summed E-state index contributed by atoms with van der Waals surface area (Å²) < 4.78 is 34.5. The topological polar surface area (TPSA) is 96.0 Å². The zero-order valence-electron chi connectivity index (χ0n) is 25.4. The molecule has 0 unspecified atom stereocenters. The van der Waals surface area contributed by atoms with Gasteiger partial charge in [0, 0.05) is 12.6 Å². The van der Waals surface area contributed by atoms with Crippen LogP contribution in [0.2, 0.25) is 0 Å². The van der Waals surface area contributed by atoms with Crippen LogP contribution in [0.1, 0.15) is 63.5 Å². The summed E-state index contributed by atoms with van der Waals surface area (Å²) in [5.74, 6) is -0.0446. The van der Waals surface area contributed by atoms with Crippen molar-refractivity contribution in [2.24, 2.45) is 0 Å². The van der Waals surface area contributed by atoms with Gasteiger partial charge in [0.05, 0.1) is 17.7 Å². The van der Waals surface area contributed by atoms with Crippen LogP contribution in [-0.2, 0) is 32.6 Å². The lowest BCUT2D eigenvalue weighted by atomic mass is 9.95. The number of rotatable bonds is 13. The molecule has 3 aromatic rings. The summed E-state index contributed by atoms with van der Waals surface area (Å²) in [5.41, 5.74) is 2.22. The molecule has 1 aliphatic carbocycles. The number of nitrogens with zero attached hydrogens (tertiary/aromatic N) is 2. The Kier molecular flexibility index (Phi) is 11.2. The number of hydrogen-bond donors (Lipinski definition) is 1. The highest BCUT2D eigenvalue weighted by molar-refractivity contribution is 7.92. The molecule has 1 N–H and O–H groups in total. The van der Waals surface area contributed by atoms with Gasteiger partial charge in [0.25, 0.3) is 10.0 Å². The molecule has 0 heterocycles. The summed E-state index contributed by atoms with van der Waals surface area (Å²) in [5, 5.41) is 3.18. The minimum Gasteiger partial charge on any atom is -0.497 e. The Labute approximate surface area is 256 Å². The number of sulfonamides is 1. The quantitative estimate of drug-likeness (QED) is 0.269. The predicted molar refractivity (Wildman–Crippen MR) is 169 cm³/mol. The van der Waals surface area contributed by atoms with E-state index in [4.69, 9.17) is 4.74 Å². The average molecular weight is 606 g/mol. The van der Waals surface area contributed by atoms with Gasteiger partial charge < -0.3 is 15.0 Å². The second-order valence-corrected chi connectivity index (χ2v) is 12.8. The Balaban J connectivity index is 1.71. The highest BCUT2D eigenvalue weighted by Crippen LogP contribution is 2.26. The van der Waals surface area contributed by atoms with Gasteiger partial charge in [0.15, 0.2) is 0 Å². The minimum absolute atomic E-state index is 0.0797. The van der Waals surface area contributed by atoms with Crippen LogP contribution in [-0.4, -0.2) is 50.9 Å². The molecule has 4 rings (SSSR count). The van der Waals surface area contributed by atoms with Gasteiger partial charge in [-0.05, 0) is 73.2 Å². The molecule has 2 amide bonds. The number of carbonyl (C=O) groups excluding carboxylic acids is 2. The number of carbonyl (C=O) groups is 2. The Morgan fingerprint density at radius 2 is 1.60 bits per heavy atom. The molecule has 0 saturated heterocycles. The summed E-state index contributed by atoms with van der Waals surface area (Å²) in [7, 11) is -2.52. The number of amides is 2. The van der Waals surface area contributed by atoms with Crippen molar-refractivity contribution in [1.82, 2.24) is 10.2 Å². The molecule has 0 aliphatic heterocycles. The van der Waals surface area contributed by atoms with Gasteiger partial charge in [-0.2, -0.15) is 0 Å². The Bertz CT molecular complexity index is 1450. The van der Waals surface area contributed by atoms with E-state index in [0.29, 0.717) is 17.9 Å². The normalized spacial score (nSPS) is 14.5. The van der Waals surface area contributed by atoms with Crippen molar-refractivity contribution in [3.8, 4) is 5.75 Å². The van der Waals surface area contributed by atoms with E-state index in [0.717, 1.165) is 54.0 Å². The van der Waals surface area contributed by atoms with Gasteiger partial charge in [-0.25, -0.2) is 8.42 Å². The molecule has 43 heavy (non-hydrogen) atoms. The summed E-state index contributed by atoms with van der Waals surface area (Å²) in [4.78, 5) is 29.6. The summed E-state index contributed by atoms with van der Waals surface area (Å²) >= 11 is 0. The summed E-state index contributed by atoms with van der Waals surface area (Å²) in [6.07, 6.45) is 6.31. The Morgan fingerprint density at radius 1 is 0.907 bits per heavy atom. The first-order valence-electron chi connectivity index (χ1n) is 15.2. The molecule has 0 aromatic heterocycles. The SMILES string of the molecule is CCc1ccc(N(CC(=O)N(Cc2cccc(OC)c2)[C@@H](CC)C(=O)NC2CCCCC2)S(=O)(=O)c2ccccc2)cc1. The lowest BCUT2D eigenvalue weighted by Crippen LogP contribution is -2.54. The zero-order valence-corrected chi connectivity index (χ0v) is 26.2. The Morgan fingerprint density at radius 3 is 2.23 bits per heavy atom. The van der Waals surface area contributed by atoms with Crippen LogP contribution < -0.4 is 14.4 Å². The highest BCUT2D eigenvalue weighted by atomic mass is 32.2. The molecular weight excluding hydrogens is 562 g/mol. The zero-order chi connectivity index (χ0) is 30.8. The van der Waals surface area contributed by atoms with Gasteiger partial charge in [0.2, 0.25) is 11.8 Å². The predicted octanol–water partition coefficient (Wildman–Crippen LogP) is 5.71. The minimum atomic E-state index is -4.10. The van der Waals surface area contributed by atoms with Crippen molar-refractivity contribution >= 4 is 27.5 Å². The van der Waals surface area contributed by atoms with Gasteiger partial charge in [-0.1, -0.05) is 75.6 Å². The van der Waals surface area contributed by atoms with Gasteiger partial charge >= 0.3 is 0 Å². The molecule has 9 heteroatoms. The largest absolute Gasteiger partial charge is 0.497 e. The fraction of sp³-hybridized carbons (Fsp3) is 0.412. The van der Waals surface area contributed by atoms with Crippen LogP contribution in [0.5, 0.6) is 5.75 Å². The van der Waals surface area contributed by atoms with E-state index in [1.54, 1.807) is 37.4 Å². The first-order valence-corrected chi connectivity index (χ1v) is 16.6. The Hall–Kier alpha value is -3.85. The van der Waals surface area contributed by atoms with E-state index in [9.17, 15) is 18.0 Å². The van der Waals surface area contributed by atoms with E-state index >= 15 is 0 Å². The first-order chi connectivity index (χ1) is 20.8. The molecule has 3 aromatic carbocycles. The molecule has 8 nitrogen and oxygen atoms in total. The van der Waals surface area contributed by atoms with Gasteiger partial charge in [0.1, 0.15) is 18.3 Å². The third-order valence-corrected chi connectivity index (χ3v) is 9.86. The second kappa shape index (κ2) is 15.0. The number of methoxy groups -OCH3 is 1. The van der Waals surface area contributed by atoms with Crippen molar-refractivity contribution in [3.63, 3.8) is 0 Å². The fourth-order valence-electron chi connectivity index (χ4n) is 5.58. The highest BCUT2D eigenvalue weighted by Gasteiger charge is 2.34. The van der Waals surface area contributed by atoms with Gasteiger partial charge in [-0.3, -0.25) is 13.9 Å². The first kappa shape index (κ1) is 32.1. The van der Waals surface area contributed by atoms with Crippen LogP contribution in [0.4, 0.5) is 5.69 Å². The number of hydrogen-bond acceptors (Lipinski definition) is 5. The molecule has 0 bridgehead atoms. The lowest BCUT2D eigenvalue weighted by Gasteiger charge is -2.34. The molecule has 1 fully saturated rings. The molecule has 1 aliphatic rings. The third-order valence-electron chi connectivity index (χ3n) is 8.07. The second-order valence-electron chi connectivity index (χ2n) is 11.0. The number of nitrogens with one attached hydrogen (secondary N) is 1. The molecular formula is C34H43N3O5S. The molecule has 1 atom stereocenters. The molecule has 1 saturated carbocycles. The van der Waals surface area contributed by atoms with Crippen LogP contribution in [0.3, 0.4) is 0 Å². The van der Waals surface area contributed by atoms with Crippen LogP contribution in [0.15, 0.2) is 83.8 Å². The number of ether oxygens (including phenoxy) is 1. The maximum atomic E-state index is 14.3. The van der Waals surface area contributed by atoms with Crippen molar-refractivity contribution in [3.05, 3.63) is 90.0 Å². The van der Waals surface area contributed by atoms with E-state index < -0.39 is 28.5 Å². The summed E-state index contributed by atoms with van der Waals surface area (Å²) in [6, 6.07) is 22.0. The van der Waals surface area contributed by atoms with E-state index in [1.807, 2.05) is 50.2 Å². The monoisotopic (exact) mass is 605 g/mol. The van der Waals surface area contributed by atoms with Crippen molar-refractivity contribution in [2.75, 3.05) is 18.0 Å². The molecule has 0 radical (unpaired) electrons. The van der Waals surface area contributed by atoms with E-state index in [2.05, 4.69) is 5.32 Å². The van der Waals surface area contributed by atoms with Crippen LogP contribution >= 0.6 is 0 Å². The van der Waals surface area contributed by atoms with Crippen molar-refractivity contribution < 1.29 is 22.7 Å². The smallest absolute Gasteiger partial charge is 0.264 e. The standard InChI is InChI=1S/C34H43N3O5S/c1-4-26-19-21-29(22-20-26)37(43(40,41)31-17-10-7-11-18-31)25-33(38)36(24-27-13-12-16-30(23-27)42-3)32(5-2)34(39)35-28-14-8-6-9-15-28/h7,10-13,16-23,28,32H,4-6,8-9,14-15,24-25H2,1-3H3,(H,35,39)/t32-/m0/s1. The molecule has 0 spiro atoms. The summed E-state index contributed by atoms with van der Waals surface area (Å²) in [6.45, 7) is 3.57. The van der Waals surface area contributed by atoms with Crippen LogP contribution in [0, 0.1) is 0 Å². The third kappa shape index (κ3) is 8.16. The van der Waals surface area contributed by atoms with E-state index in [1.165, 1.54) is 17.0 Å². The maximum absolute atomic E-state index is 14.3. The van der Waals surface area contributed by atoms with Crippen molar-refractivity contribution in [2.45, 2.75) is 82.3 Å². The number of benzene rings is 3. The average Bonchev–Trinajstić information content (AvgIpc) is 3.04. The number of aryl methyl sites for hydroxylation is 1. The maximum Gasteiger partial charge on any atom is 0.264 e. The van der Waals surface area contributed by atoms with Crippen LogP contribution in [0.25, 0.3) is 0 Å².